The summed E-state index contributed by atoms with van der Waals surface area (Å²) in [7, 11) is 0. The molecule has 0 unspecified atom stereocenters. The smallest absolute Gasteiger partial charge is 0.245 e. The molecule has 0 atom stereocenters. The minimum Gasteiger partial charge on any atom is -0.325 e. The van der Waals surface area contributed by atoms with Gasteiger partial charge in [0.15, 0.2) is 0 Å². The van der Waals surface area contributed by atoms with Gasteiger partial charge in [-0.25, -0.2) is 0 Å². The lowest BCUT2D eigenvalue weighted by atomic mass is 10.1. The molecule has 0 N–H and O–H groups in total. The summed E-state index contributed by atoms with van der Waals surface area (Å²) in [6.07, 6.45) is 2.75. The number of aryl methyl sites for hydroxylation is 2. The summed E-state index contributed by atoms with van der Waals surface area (Å²) in [4.78, 5) is 13.9. The maximum absolute atomic E-state index is 11.7. The average molecular weight is 255 g/mol. The van der Waals surface area contributed by atoms with E-state index < -0.39 is 0 Å². The van der Waals surface area contributed by atoms with Crippen LogP contribution in [0, 0.1) is 13.8 Å². The zero-order valence-corrected chi connectivity index (χ0v) is 11.5. The van der Waals surface area contributed by atoms with E-state index in [1.54, 1.807) is 6.92 Å². The number of anilines is 2. The predicted molar refractivity (Wildman–Crippen MR) is 75.2 cm³/mol. The van der Waals surface area contributed by atoms with E-state index >= 15 is 0 Å². The highest BCUT2D eigenvalue weighted by Crippen LogP contribution is 2.37. The molecule has 1 aromatic carbocycles. The SMILES string of the molecule is CC(=O)n1ncc2c1N(c1c(C)cccc1C)CC2. The van der Waals surface area contributed by atoms with Gasteiger partial charge in [0.25, 0.3) is 0 Å². The van der Waals surface area contributed by atoms with Crippen molar-refractivity contribution in [2.24, 2.45) is 0 Å². The molecule has 0 bridgehead atoms. The fourth-order valence-corrected chi connectivity index (χ4v) is 2.86. The molecule has 1 aliphatic heterocycles. The van der Waals surface area contributed by atoms with Gasteiger partial charge in [-0.05, 0) is 31.4 Å². The van der Waals surface area contributed by atoms with Crippen molar-refractivity contribution in [1.29, 1.82) is 0 Å². The largest absolute Gasteiger partial charge is 0.325 e. The van der Waals surface area contributed by atoms with E-state index in [4.69, 9.17) is 0 Å². The van der Waals surface area contributed by atoms with Crippen LogP contribution < -0.4 is 4.90 Å². The van der Waals surface area contributed by atoms with Gasteiger partial charge in [-0.2, -0.15) is 9.78 Å². The zero-order valence-electron chi connectivity index (χ0n) is 11.5. The van der Waals surface area contributed by atoms with Gasteiger partial charge >= 0.3 is 0 Å². The van der Waals surface area contributed by atoms with Gasteiger partial charge in [0, 0.05) is 24.7 Å². The molecule has 2 heterocycles. The van der Waals surface area contributed by atoms with Crippen molar-refractivity contribution in [3.05, 3.63) is 41.1 Å². The van der Waals surface area contributed by atoms with E-state index in [-0.39, 0.29) is 5.91 Å². The Morgan fingerprint density at radius 3 is 2.58 bits per heavy atom. The van der Waals surface area contributed by atoms with Crippen LogP contribution in [0.15, 0.2) is 24.4 Å². The molecule has 1 aromatic heterocycles. The molecule has 3 rings (SSSR count). The van der Waals surface area contributed by atoms with Gasteiger partial charge in [0.05, 0.1) is 6.20 Å². The summed E-state index contributed by atoms with van der Waals surface area (Å²) in [5.41, 5.74) is 4.80. The Morgan fingerprint density at radius 1 is 1.26 bits per heavy atom. The van der Waals surface area contributed by atoms with Crippen molar-refractivity contribution in [1.82, 2.24) is 9.78 Å². The van der Waals surface area contributed by atoms with Crippen molar-refractivity contribution < 1.29 is 4.79 Å². The third kappa shape index (κ3) is 1.75. The molecule has 0 radical (unpaired) electrons. The molecular formula is C15H17N3O. The van der Waals surface area contributed by atoms with Crippen molar-refractivity contribution in [2.75, 3.05) is 11.4 Å². The topological polar surface area (TPSA) is 38.1 Å². The molecule has 0 spiro atoms. The molecule has 1 aliphatic rings. The number of benzene rings is 1. The Hall–Kier alpha value is -2.10. The van der Waals surface area contributed by atoms with E-state index in [0.717, 1.165) is 24.3 Å². The molecule has 0 fully saturated rings. The van der Waals surface area contributed by atoms with E-state index in [2.05, 4.69) is 42.0 Å². The van der Waals surface area contributed by atoms with Gasteiger partial charge < -0.3 is 4.90 Å². The third-order valence-corrected chi connectivity index (χ3v) is 3.68. The quantitative estimate of drug-likeness (QED) is 0.786. The van der Waals surface area contributed by atoms with Gasteiger partial charge in [-0.15, -0.1) is 0 Å². The number of rotatable bonds is 1. The van der Waals surface area contributed by atoms with Crippen molar-refractivity contribution in [3.8, 4) is 0 Å². The fraction of sp³-hybridized carbons (Fsp3) is 0.333. The first-order valence-electron chi connectivity index (χ1n) is 6.51. The van der Waals surface area contributed by atoms with E-state index in [1.807, 2.05) is 6.20 Å². The summed E-state index contributed by atoms with van der Waals surface area (Å²) in [5, 5.41) is 4.20. The van der Waals surface area contributed by atoms with Crippen LogP contribution in [-0.2, 0) is 6.42 Å². The number of aromatic nitrogens is 2. The zero-order chi connectivity index (χ0) is 13.6. The third-order valence-electron chi connectivity index (χ3n) is 3.68. The van der Waals surface area contributed by atoms with Gasteiger partial charge in [0.1, 0.15) is 5.82 Å². The van der Waals surface area contributed by atoms with Crippen LogP contribution in [0.1, 0.15) is 28.4 Å². The lowest BCUT2D eigenvalue weighted by Crippen LogP contribution is -2.22. The number of para-hydroxylation sites is 1. The molecule has 2 aromatic rings. The normalized spacial score (nSPS) is 13.7. The molecule has 0 aliphatic carbocycles. The van der Waals surface area contributed by atoms with E-state index in [1.165, 1.54) is 21.5 Å². The summed E-state index contributed by atoms with van der Waals surface area (Å²) < 4.78 is 1.51. The van der Waals surface area contributed by atoms with Crippen LogP contribution in [0.25, 0.3) is 0 Å². The predicted octanol–water partition coefficient (Wildman–Crippen LogP) is 2.85. The summed E-state index contributed by atoms with van der Waals surface area (Å²) in [5.74, 6) is 0.893. The molecule has 0 saturated carbocycles. The monoisotopic (exact) mass is 255 g/mol. The average Bonchev–Trinajstić information content (AvgIpc) is 2.91. The second-order valence-electron chi connectivity index (χ2n) is 5.07. The Kier molecular flexibility index (Phi) is 2.66. The molecule has 19 heavy (non-hydrogen) atoms. The Morgan fingerprint density at radius 2 is 1.95 bits per heavy atom. The van der Waals surface area contributed by atoms with Crippen molar-refractivity contribution >= 4 is 17.4 Å². The van der Waals surface area contributed by atoms with Crippen molar-refractivity contribution in [3.63, 3.8) is 0 Å². The molecule has 0 saturated heterocycles. The highest BCUT2D eigenvalue weighted by Gasteiger charge is 2.28. The van der Waals surface area contributed by atoms with E-state index in [0.29, 0.717) is 0 Å². The van der Waals surface area contributed by atoms with Crippen molar-refractivity contribution in [2.45, 2.75) is 27.2 Å². The van der Waals surface area contributed by atoms with Crippen LogP contribution in [0.5, 0.6) is 0 Å². The number of carbonyl (C=O) groups excluding carboxylic acids is 1. The lowest BCUT2D eigenvalue weighted by Gasteiger charge is -2.24. The van der Waals surface area contributed by atoms with Crippen LogP contribution in [0.3, 0.4) is 0 Å². The van der Waals surface area contributed by atoms with Crippen LogP contribution in [-0.4, -0.2) is 22.2 Å². The van der Waals surface area contributed by atoms with Crippen LogP contribution in [0.2, 0.25) is 0 Å². The molecule has 4 nitrogen and oxygen atoms in total. The van der Waals surface area contributed by atoms with Crippen LogP contribution >= 0.6 is 0 Å². The summed E-state index contributed by atoms with van der Waals surface area (Å²) in [6.45, 7) is 6.67. The standard InChI is InChI=1S/C15H17N3O/c1-10-5-4-6-11(2)14(10)17-8-7-13-9-16-18(12(3)19)15(13)17/h4-6,9H,7-8H2,1-3H3. The first-order valence-corrected chi connectivity index (χ1v) is 6.51. The second-order valence-corrected chi connectivity index (χ2v) is 5.07. The lowest BCUT2D eigenvalue weighted by molar-refractivity contribution is 0.0923. The molecule has 4 heteroatoms. The highest BCUT2D eigenvalue weighted by atomic mass is 16.2. The number of hydrogen-bond donors (Lipinski definition) is 0. The summed E-state index contributed by atoms with van der Waals surface area (Å²) >= 11 is 0. The number of fused-ring (bicyclic) bond motifs is 1. The second kappa shape index (κ2) is 4.23. The fourth-order valence-electron chi connectivity index (χ4n) is 2.86. The Bertz CT molecular complexity index is 637. The minimum absolute atomic E-state index is 0.0422. The molecule has 0 amide bonds. The van der Waals surface area contributed by atoms with Crippen LogP contribution in [0.4, 0.5) is 11.5 Å². The Labute approximate surface area is 112 Å². The number of nitrogens with zero attached hydrogens (tertiary/aromatic N) is 3. The number of hydrogen-bond acceptors (Lipinski definition) is 3. The molecule has 98 valence electrons. The molecular weight excluding hydrogens is 238 g/mol. The first-order chi connectivity index (χ1) is 9.09. The van der Waals surface area contributed by atoms with Gasteiger partial charge in [0.2, 0.25) is 5.91 Å². The maximum atomic E-state index is 11.7. The minimum atomic E-state index is -0.0422. The van der Waals surface area contributed by atoms with Gasteiger partial charge in [-0.3, -0.25) is 4.79 Å². The number of carbonyl (C=O) groups is 1. The van der Waals surface area contributed by atoms with E-state index in [9.17, 15) is 4.79 Å². The van der Waals surface area contributed by atoms with Gasteiger partial charge in [-0.1, -0.05) is 18.2 Å². The maximum Gasteiger partial charge on any atom is 0.245 e. The Balaban J connectivity index is 2.17. The summed E-state index contributed by atoms with van der Waals surface area (Å²) in [6, 6.07) is 6.27. The highest BCUT2D eigenvalue weighted by molar-refractivity contribution is 5.83. The first kappa shape index (κ1) is 12.0.